The quantitative estimate of drug-likeness (QED) is 0.354. The molecule has 0 amide bonds. The van der Waals surface area contributed by atoms with Crippen molar-refractivity contribution in [2.45, 2.75) is 27.7 Å². The zero-order valence-electron chi connectivity index (χ0n) is 11.4. The Morgan fingerprint density at radius 2 is 1.83 bits per heavy atom. The summed E-state index contributed by atoms with van der Waals surface area (Å²) < 4.78 is 0. The summed E-state index contributed by atoms with van der Waals surface area (Å²) >= 11 is 1.40. The fourth-order valence-electron chi connectivity index (χ4n) is 1.10. The Kier molecular flexibility index (Phi) is 7.78. The van der Waals surface area contributed by atoms with Crippen molar-refractivity contribution in [2.24, 2.45) is 15.8 Å². The fraction of sp³-hybridized carbons (Fsp3) is 0.417. The normalized spacial score (nSPS) is 14.7. The van der Waals surface area contributed by atoms with Crippen LogP contribution in [0.4, 0.5) is 0 Å². The third-order valence-corrected chi connectivity index (χ3v) is 2.19. The average molecular weight is 268 g/mol. The van der Waals surface area contributed by atoms with Gasteiger partial charge in [0.2, 0.25) is 5.17 Å². The Hall–Kier alpha value is -1.56. The standard InChI is InChI=1S/C12H20N4OS/c1-8(13)6-9(2)14-12(18-5)16-15-10(3)7-11(4)17/h6-7,15H,13H2,1-5H3/b8-6-,10-7+,14-9+,16-12-. The number of hydrogen-bond donors (Lipinski definition) is 2. The van der Waals surface area contributed by atoms with E-state index >= 15 is 0 Å². The second-order valence-corrected chi connectivity index (χ2v) is 4.56. The second-order valence-electron chi connectivity index (χ2n) is 3.79. The van der Waals surface area contributed by atoms with E-state index in [1.165, 1.54) is 24.8 Å². The highest BCUT2D eigenvalue weighted by molar-refractivity contribution is 8.13. The van der Waals surface area contributed by atoms with Gasteiger partial charge in [0.25, 0.3) is 0 Å². The van der Waals surface area contributed by atoms with Crippen LogP contribution in [0.2, 0.25) is 0 Å². The van der Waals surface area contributed by atoms with E-state index < -0.39 is 0 Å². The lowest BCUT2D eigenvalue weighted by atomic mass is 10.3. The van der Waals surface area contributed by atoms with Crippen molar-refractivity contribution >= 4 is 28.4 Å². The minimum Gasteiger partial charge on any atom is -0.402 e. The van der Waals surface area contributed by atoms with E-state index in [1.807, 2.05) is 13.2 Å². The smallest absolute Gasteiger partial charge is 0.206 e. The molecule has 0 bridgehead atoms. The van der Waals surface area contributed by atoms with Gasteiger partial charge in [0.1, 0.15) is 0 Å². The molecule has 100 valence electrons. The van der Waals surface area contributed by atoms with E-state index in [0.29, 0.717) is 16.6 Å². The zero-order chi connectivity index (χ0) is 14.1. The summed E-state index contributed by atoms with van der Waals surface area (Å²) in [7, 11) is 0. The number of ketones is 1. The van der Waals surface area contributed by atoms with Gasteiger partial charge in [0.05, 0.1) is 0 Å². The number of amidine groups is 1. The SMILES string of the molecule is CSC(=N\N/C(C)=C/C(C)=O)/N=C(C)/C=C(/C)N. The van der Waals surface area contributed by atoms with Crippen LogP contribution in [-0.2, 0) is 4.79 Å². The number of nitrogens with zero attached hydrogens (tertiary/aromatic N) is 2. The molecule has 0 rings (SSSR count). The maximum atomic E-state index is 10.8. The van der Waals surface area contributed by atoms with E-state index in [0.717, 1.165) is 5.71 Å². The van der Waals surface area contributed by atoms with Gasteiger partial charge in [-0.05, 0) is 40.0 Å². The molecule has 6 heteroatoms. The predicted octanol–water partition coefficient (Wildman–Crippen LogP) is 2.03. The summed E-state index contributed by atoms with van der Waals surface area (Å²) in [5.74, 6) is -0.0257. The van der Waals surface area contributed by atoms with Gasteiger partial charge in [-0.1, -0.05) is 11.8 Å². The van der Waals surface area contributed by atoms with Gasteiger partial charge >= 0.3 is 0 Å². The fourth-order valence-corrected chi connectivity index (χ4v) is 1.47. The number of allylic oxidation sites excluding steroid dienone is 4. The number of hydrazone groups is 1. The van der Waals surface area contributed by atoms with Crippen LogP contribution < -0.4 is 11.2 Å². The molecule has 0 saturated carbocycles. The van der Waals surface area contributed by atoms with Crippen molar-refractivity contribution in [1.29, 1.82) is 0 Å². The molecule has 0 atom stereocenters. The van der Waals surface area contributed by atoms with Crippen LogP contribution in [0.3, 0.4) is 0 Å². The molecule has 0 aliphatic rings. The molecule has 18 heavy (non-hydrogen) atoms. The van der Waals surface area contributed by atoms with Crippen molar-refractivity contribution in [1.82, 2.24) is 5.43 Å². The monoisotopic (exact) mass is 268 g/mol. The summed E-state index contributed by atoms with van der Waals surface area (Å²) in [5, 5.41) is 4.66. The molecule has 0 unspecified atom stereocenters. The van der Waals surface area contributed by atoms with Gasteiger partial charge in [0.15, 0.2) is 5.78 Å². The number of nitrogens with one attached hydrogen (secondary N) is 1. The van der Waals surface area contributed by atoms with E-state index in [2.05, 4.69) is 15.5 Å². The van der Waals surface area contributed by atoms with Crippen molar-refractivity contribution in [3.63, 3.8) is 0 Å². The maximum Gasteiger partial charge on any atom is 0.206 e. The van der Waals surface area contributed by atoms with Crippen molar-refractivity contribution in [3.8, 4) is 0 Å². The van der Waals surface area contributed by atoms with Crippen LogP contribution in [0.1, 0.15) is 27.7 Å². The molecule has 0 aromatic rings. The highest BCUT2D eigenvalue weighted by Gasteiger charge is 1.96. The van der Waals surface area contributed by atoms with E-state index in [9.17, 15) is 4.79 Å². The molecular weight excluding hydrogens is 248 g/mol. The summed E-state index contributed by atoms with van der Waals surface area (Å²) in [6.45, 7) is 6.90. The largest absolute Gasteiger partial charge is 0.402 e. The molecule has 0 aliphatic carbocycles. The van der Waals surface area contributed by atoms with Gasteiger partial charge in [-0.25, -0.2) is 4.99 Å². The van der Waals surface area contributed by atoms with Crippen LogP contribution in [0.25, 0.3) is 0 Å². The first kappa shape index (κ1) is 16.4. The third-order valence-electron chi connectivity index (χ3n) is 1.64. The lowest BCUT2D eigenvalue weighted by Crippen LogP contribution is -2.07. The molecule has 0 spiro atoms. The second kappa shape index (κ2) is 8.52. The number of carbonyl (C=O) groups is 1. The molecule has 0 heterocycles. The van der Waals surface area contributed by atoms with Gasteiger partial charge in [-0.3, -0.25) is 10.2 Å². The molecule has 3 N–H and O–H groups in total. The van der Waals surface area contributed by atoms with Crippen LogP contribution in [0.5, 0.6) is 0 Å². The Balaban J connectivity index is 4.79. The lowest BCUT2D eigenvalue weighted by Gasteiger charge is -2.01. The summed E-state index contributed by atoms with van der Waals surface area (Å²) in [5.41, 5.74) is 10.5. The first-order valence-electron chi connectivity index (χ1n) is 5.40. The highest BCUT2D eigenvalue weighted by Crippen LogP contribution is 2.01. The number of carbonyl (C=O) groups excluding carboxylic acids is 1. The summed E-state index contributed by atoms with van der Waals surface area (Å²) in [4.78, 5) is 15.1. The molecule has 0 fully saturated rings. The molecule has 0 saturated heterocycles. The minimum atomic E-state index is -0.0257. The number of aliphatic imine (C=N–C) groups is 1. The highest BCUT2D eigenvalue weighted by atomic mass is 32.2. The van der Waals surface area contributed by atoms with Gasteiger partial charge < -0.3 is 5.73 Å². The molecule has 0 aromatic heterocycles. The van der Waals surface area contributed by atoms with E-state index in [4.69, 9.17) is 5.73 Å². The summed E-state index contributed by atoms with van der Waals surface area (Å²) in [6.07, 6.45) is 5.12. The third kappa shape index (κ3) is 8.58. The first-order valence-corrected chi connectivity index (χ1v) is 6.63. The summed E-state index contributed by atoms with van der Waals surface area (Å²) in [6, 6.07) is 0. The Morgan fingerprint density at radius 3 is 2.28 bits per heavy atom. The molecule has 0 aromatic carbocycles. The Morgan fingerprint density at radius 1 is 1.22 bits per heavy atom. The van der Waals surface area contributed by atoms with Gasteiger partial charge in [-0.2, -0.15) is 0 Å². The molecule has 0 aliphatic heterocycles. The maximum absolute atomic E-state index is 10.8. The lowest BCUT2D eigenvalue weighted by molar-refractivity contribution is -0.112. The molecule has 0 radical (unpaired) electrons. The van der Waals surface area contributed by atoms with Gasteiger partial charge in [0, 0.05) is 23.2 Å². The van der Waals surface area contributed by atoms with Crippen LogP contribution >= 0.6 is 11.8 Å². The van der Waals surface area contributed by atoms with E-state index in [1.54, 1.807) is 19.9 Å². The van der Waals surface area contributed by atoms with Gasteiger partial charge in [-0.15, -0.1) is 5.10 Å². The first-order chi connectivity index (χ1) is 8.35. The minimum absolute atomic E-state index is 0.0257. The van der Waals surface area contributed by atoms with Crippen molar-refractivity contribution in [2.75, 3.05) is 6.26 Å². The van der Waals surface area contributed by atoms with E-state index in [-0.39, 0.29) is 5.78 Å². The molecule has 5 nitrogen and oxygen atoms in total. The van der Waals surface area contributed by atoms with Crippen LogP contribution in [0, 0.1) is 0 Å². The number of nitrogens with two attached hydrogens (primary N) is 1. The molecular formula is C12H20N4OS. The van der Waals surface area contributed by atoms with Crippen LogP contribution in [-0.4, -0.2) is 22.9 Å². The number of rotatable bonds is 4. The van der Waals surface area contributed by atoms with Crippen LogP contribution in [0.15, 0.2) is 33.6 Å². The van der Waals surface area contributed by atoms with Crippen molar-refractivity contribution < 1.29 is 4.79 Å². The number of thioether (sulfide) groups is 1. The number of hydrogen-bond acceptors (Lipinski definition) is 5. The zero-order valence-corrected chi connectivity index (χ0v) is 12.3. The topological polar surface area (TPSA) is 79.8 Å². The predicted molar refractivity (Wildman–Crippen MR) is 79.6 cm³/mol. The Labute approximate surface area is 112 Å². The average Bonchev–Trinajstić information content (AvgIpc) is 2.21. The van der Waals surface area contributed by atoms with Crippen molar-refractivity contribution in [3.05, 3.63) is 23.5 Å². The Bertz CT molecular complexity index is 418.